The van der Waals surface area contributed by atoms with Gasteiger partial charge >= 0.3 is 0 Å². The van der Waals surface area contributed by atoms with E-state index < -0.39 is 0 Å². The molecule has 0 aliphatic rings. The van der Waals surface area contributed by atoms with Gasteiger partial charge in [-0.3, -0.25) is 0 Å². The maximum absolute atomic E-state index is 5.49. The molecule has 2 aromatic carbocycles. The molecule has 2 nitrogen and oxygen atoms in total. The van der Waals surface area contributed by atoms with Crippen molar-refractivity contribution in [3.8, 4) is 5.75 Å². The Balaban J connectivity index is 2.18. The molecule has 0 fully saturated rings. The topological polar surface area (TPSA) is 21.3 Å². The summed E-state index contributed by atoms with van der Waals surface area (Å²) in [5.74, 6) is 0.926. The molecule has 0 amide bonds. The zero-order valence-electron chi connectivity index (χ0n) is 12.3. The van der Waals surface area contributed by atoms with E-state index >= 15 is 0 Å². The zero-order chi connectivity index (χ0) is 14.7. The third-order valence-electron chi connectivity index (χ3n) is 3.73. The molecule has 0 aliphatic carbocycles. The van der Waals surface area contributed by atoms with Gasteiger partial charge in [0.1, 0.15) is 5.75 Å². The molecule has 3 heteroatoms. The highest BCUT2D eigenvalue weighted by atomic mass is 32.1. The number of benzene rings is 2. The van der Waals surface area contributed by atoms with E-state index in [9.17, 15) is 0 Å². The minimum atomic E-state index is 0.219. The minimum Gasteiger partial charge on any atom is -0.496 e. The van der Waals surface area contributed by atoms with Gasteiger partial charge in [0.2, 0.25) is 0 Å². The normalized spacial score (nSPS) is 12.5. The molecule has 21 heavy (non-hydrogen) atoms. The molecule has 0 aliphatic heterocycles. The molecule has 1 aromatic heterocycles. The number of ether oxygens (including phenoxy) is 1. The van der Waals surface area contributed by atoms with Gasteiger partial charge in [-0.15, -0.1) is 0 Å². The first-order chi connectivity index (χ1) is 10.3. The summed E-state index contributed by atoms with van der Waals surface area (Å²) >= 11 is 1.74. The van der Waals surface area contributed by atoms with E-state index in [1.54, 1.807) is 18.4 Å². The number of hydrogen-bond donors (Lipinski definition) is 1. The predicted molar refractivity (Wildman–Crippen MR) is 90.3 cm³/mol. The Morgan fingerprint density at radius 2 is 1.90 bits per heavy atom. The molecule has 1 heterocycles. The highest BCUT2D eigenvalue weighted by Crippen LogP contribution is 2.34. The van der Waals surface area contributed by atoms with Crippen LogP contribution in [0.2, 0.25) is 0 Å². The van der Waals surface area contributed by atoms with E-state index in [0.29, 0.717) is 0 Å². The number of fused-ring (bicyclic) bond motifs is 1. The first-order valence-corrected chi connectivity index (χ1v) is 8.10. The largest absolute Gasteiger partial charge is 0.496 e. The van der Waals surface area contributed by atoms with Gasteiger partial charge in [0.15, 0.2) is 0 Å². The van der Waals surface area contributed by atoms with Crippen LogP contribution in [0.25, 0.3) is 10.8 Å². The summed E-state index contributed by atoms with van der Waals surface area (Å²) in [5.41, 5.74) is 2.61. The number of nitrogens with one attached hydrogen (secondary N) is 1. The minimum absolute atomic E-state index is 0.219. The van der Waals surface area contributed by atoms with Gasteiger partial charge in [-0.05, 0) is 46.0 Å². The second-order valence-corrected chi connectivity index (χ2v) is 5.73. The van der Waals surface area contributed by atoms with Gasteiger partial charge in [-0.2, -0.15) is 11.3 Å². The maximum Gasteiger partial charge on any atom is 0.126 e. The molecule has 3 rings (SSSR count). The molecular formula is C18H19NOS. The van der Waals surface area contributed by atoms with Crippen LogP contribution < -0.4 is 10.1 Å². The van der Waals surface area contributed by atoms with Crippen molar-refractivity contribution in [3.05, 3.63) is 64.4 Å². The van der Waals surface area contributed by atoms with E-state index in [-0.39, 0.29) is 6.04 Å². The number of hydrogen-bond acceptors (Lipinski definition) is 3. The Bertz CT molecular complexity index is 721. The van der Waals surface area contributed by atoms with E-state index in [0.717, 1.165) is 17.7 Å². The number of thiophene rings is 1. The lowest BCUT2D eigenvalue weighted by Gasteiger charge is -2.20. The van der Waals surface area contributed by atoms with E-state index in [1.165, 1.54) is 16.5 Å². The van der Waals surface area contributed by atoms with Crippen LogP contribution in [0.3, 0.4) is 0 Å². The van der Waals surface area contributed by atoms with Crippen LogP contribution in [-0.4, -0.2) is 13.7 Å². The zero-order valence-corrected chi connectivity index (χ0v) is 13.1. The Morgan fingerprint density at radius 3 is 2.57 bits per heavy atom. The Morgan fingerprint density at radius 1 is 1.10 bits per heavy atom. The lowest BCUT2D eigenvalue weighted by atomic mass is 9.94. The highest BCUT2D eigenvalue weighted by molar-refractivity contribution is 7.08. The monoisotopic (exact) mass is 297 g/mol. The van der Waals surface area contributed by atoms with Crippen molar-refractivity contribution in [2.75, 3.05) is 13.7 Å². The van der Waals surface area contributed by atoms with Gasteiger partial charge in [0.25, 0.3) is 0 Å². The molecule has 0 bridgehead atoms. The quantitative estimate of drug-likeness (QED) is 0.742. The first kappa shape index (κ1) is 14.1. The molecule has 0 saturated carbocycles. The van der Waals surface area contributed by atoms with Crippen molar-refractivity contribution in [2.45, 2.75) is 13.0 Å². The Labute approximate surface area is 129 Å². The molecule has 0 radical (unpaired) electrons. The van der Waals surface area contributed by atoms with Gasteiger partial charge in [-0.25, -0.2) is 0 Å². The first-order valence-electron chi connectivity index (χ1n) is 7.16. The molecule has 1 unspecified atom stereocenters. The van der Waals surface area contributed by atoms with Crippen LogP contribution in [0.1, 0.15) is 24.1 Å². The lowest BCUT2D eigenvalue weighted by molar-refractivity contribution is 0.419. The average Bonchev–Trinajstić information content (AvgIpc) is 3.06. The summed E-state index contributed by atoms with van der Waals surface area (Å²) in [6, 6.07) is 15.1. The van der Waals surface area contributed by atoms with Gasteiger partial charge in [-0.1, -0.05) is 37.3 Å². The number of rotatable bonds is 5. The smallest absolute Gasteiger partial charge is 0.126 e. The molecule has 0 saturated heterocycles. The molecule has 0 spiro atoms. The van der Waals surface area contributed by atoms with Crippen molar-refractivity contribution >= 4 is 22.1 Å². The lowest BCUT2D eigenvalue weighted by Crippen LogP contribution is -2.21. The third kappa shape index (κ3) is 2.67. The summed E-state index contributed by atoms with van der Waals surface area (Å²) in [6.07, 6.45) is 0. The summed E-state index contributed by atoms with van der Waals surface area (Å²) in [5, 5.41) is 10.3. The van der Waals surface area contributed by atoms with Crippen LogP contribution in [-0.2, 0) is 0 Å². The van der Waals surface area contributed by atoms with Crippen LogP contribution in [0.5, 0.6) is 5.75 Å². The fourth-order valence-corrected chi connectivity index (χ4v) is 3.46. The van der Waals surface area contributed by atoms with E-state index in [1.807, 2.05) is 0 Å². The molecular weight excluding hydrogens is 278 g/mol. The third-order valence-corrected chi connectivity index (χ3v) is 4.43. The van der Waals surface area contributed by atoms with E-state index in [4.69, 9.17) is 4.74 Å². The van der Waals surface area contributed by atoms with Gasteiger partial charge in [0, 0.05) is 5.39 Å². The van der Waals surface area contributed by atoms with Crippen LogP contribution in [0.15, 0.2) is 53.2 Å². The van der Waals surface area contributed by atoms with Crippen molar-refractivity contribution < 1.29 is 4.74 Å². The predicted octanol–water partition coefficient (Wildman–Crippen LogP) is 4.61. The summed E-state index contributed by atoms with van der Waals surface area (Å²) in [4.78, 5) is 0. The Kier molecular flexibility index (Phi) is 4.23. The molecule has 108 valence electrons. The molecule has 3 aromatic rings. The fourth-order valence-electron chi connectivity index (χ4n) is 2.78. The van der Waals surface area contributed by atoms with Gasteiger partial charge < -0.3 is 10.1 Å². The Hall–Kier alpha value is -1.84. The van der Waals surface area contributed by atoms with Crippen LogP contribution in [0.4, 0.5) is 0 Å². The molecule has 1 atom stereocenters. The van der Waals surface area contributed by atoms with E-state index in [2.05, 4.69) is 65.5 Å². The van der Waals surface area contributed by atoms with Gasteiger partial charge in [0.05, 0.1) is 13.2 Å². The maximum atomic E-state index is 5.49. The van der Waals surface area contributed by atoms with Crippen molar-refractivity contribution in [3.63, 3.8) is 0 Å². The second-order valence-electron chi connectivity index (χ2n) is 4.95. The van der Waals surface area contributed by atoms with Crippen LogP contribution in [0, 0.1) is 0 Å². The summed E-state index contributed by atoms with van der Waals surface area (Å²) in [6.45, 7) is 3.08. The summed E-state index contributed by atoms with van der Waals surface area (Å²) in [7, 11) is 1.72. The number of methoxy groups -OCH3 is 1. The van der Waals surface area contributed by atoms with Crippen molar-refractivity contribution in [1.82, 2.24) is 5.32 Å². The fraction of sp³-hybridized carbons (Fsp3) is 0.222. The second kappa shape index (κ2) is 6.29. The SMILES string of the molecule is CCNC(c1ccsc1)c1ccc(OC)c2ccccc12. The summed E-state index contributed by atoms with van der Waals surface area (Å²) < 4.78 is 5.49. The van der Waals surface area contributed by atoms with Crippen LogP contribution >= 0.6 is 11.3 Å². The highest BCUT2D eigenvalue weighted by Gasteiger charge is 2.17. The van der Waals surface area contributed by atoms with Crippen molar-refractivity contribution in [1.29, 1.82) is 0 Å². The average molecular weight is 297 g/mol. The molecule has 1 N–H and O–H groups in total. The standard InChI is InChI=1S/C18H19NOS/c1-3-19-18(13-10-11-21-12-13)16-8-9-17(20-2)15-7-5-4-6-14(15)16/h4-12,18-19H,3H2,1-2H3. The van der Waals surface area contributed by atoms with Crippen molar-refractivity contribution in [2.24, 2.45) is 0 Å².